The summed E-state index contributed by atoms with van der Waals surface area (Å²) in [5, 5.41) is 4.47. The molecule has 0 spiro atoms. The van der Waals surface area contributed by atoms with Gasteiger partial charge in [-0.15, -0.1) is 0 Å². The summed E-state index contributed by atoms with van der Waals surface area (Å²) < 4.78 is 0. The van der Waals surface area contributed by atoms with Crippen LogP contribution in [0, 0.1) is 0 Å². The van der Waals surface area contributed by atoms with Crippen LogP contribution >= 0.6 is 23.5 Å². The number of nitrogens with one attached hydrogen (secondary N) is 1. The van der Waals surface area contributed by atoms with E-state index in [0.29, 0.717) is 16.4 Å². The Morgan fingerprint density at radius 2 is 2.00 bits per heavy atom. The van der Waals surface area contributed by atoms with Crippen molar-refractivity contribution in [2.24, 2.45) is 0 Å². The smallest absolute Gasteiger partial charge is 0.240 e. The van der Waals surface area contributed by atoms with Crippen LogP contribution in [-0.4, -0.2) is 58.5 Å². The molecule has 2 rings (SSSR count). The van der Waals surface area contributed by atoms with Gasteiger partial charge in [0.05, 0.1) is 6.04 Å². The van der Waals surface area contributed by atoms with Crippen molar-refractivity contribution in [3.63, 3.8) is 0 Å². The Bertz CT molecular complexity index is 246. The van der Waals surface area contributed by atoms with E-state index in [1.807, 2.05) is 23.5 Å². The minimum absolute atomic E-state index is 0.0567. The molecule has 1 amide bonds. The molecule has 0 aliphatic carbocycles. The number of hydrogen-bond acceptors (Lipinski definition) is 4. The van der Waals surface area contributed by atoms with E-state index in [0.717, 1.165) is 31.1 Å². The summed E-state index contributed by atoms with van der Waals surface area (Å²) in [6.07, 6.45) is 0. The van der Waals surface area contributed by atoms with Crippen LogP contribution in [-0.2, 0) is 4.79 Å². The van der Waals surface area contributed by atoms with Crippen molar-refractivity contribution in [2.45, 2.75) is 30.4 Å². The molecule has 16 heavy (non-hydrogen) atoms. The second-order valence-electron chi connectivity index (χ2n) is 4.58. The SMILES string of the molecule is CC1CN(C(=O)C2CSCCN2)CC(C)S1. The number of carbonyl (C=O) groups is 1. The number of amides is 1. The number of thioether (sulfide) groups is 2. The molecule has 2 aliphatic rings. The Labute approximate surface area is 106 Å². The average molecular weight is 260 g/mol. The second kappa shape index (κ2) is 5.65. The molecule has 2 heterocycles. The maximum Gasteiger partial charge on any atom is 0.240 e. The first-order valence-corrected chi connectivity index (χ1v) is 8.02. The van der Waals surface area contributed by atoms with Crippen molar-refractivity contribution in [1.82, 2.24) is 10.2 Å². The summed E-state index contributed by atoms with van der Waals surface area (Å²) >= 11 is 3.87. The third-order valence-corrected chi connectivity index (χ3v) is 5.24. The van der Waals surface area contributed by atoms with Gasteiger partial charge >= 0.3 is 0 Å². The van der Waals surface area contributed by atoms with Gasteiger partial charge in [0.15, 0.2) is 0 Å². The number of hydrogen-bond donors (Lipinski definition) is 1. The molecule has 3 atom stereocenters. The molecular weight excluding hydrogens is 240 g/mol. The van der Waals surface area contributed by atoms with Gasteiger partial charge in [0.2, 0.25) is 5.91 Å². The molecule has 3 unspecified atom stereocenters. The maximum atomic E-state index is 12.3. The molecular formula is C11H20N2OS2. The van der Waals surface area contributed by atoms with E-state index < -0.39 is 0 Å². The second-order valence-corrected chi connectivity index (χ2v) is 7.61. The molecule has 3 nitrogen and oxygen atoms in total. The minimum atomic E-state index is 0.0567. The third kappa shape index (κ3) is 3.08. The van der Waals surface area contributed by atoms with Gasteiger partial charge in [-0.3, -0.25) is 4.79 Å². The third-order valence-electron chi connectivity index (χ3n) is 2.95. The summed E-state index contributed by atoms with van der Waals surface area (Å²) in [7, 11) is 0. The number of carbonyl (C=O) groups excluding carboxylic acids is 1. The molecule has 1 N–H and O–H groups in total. The van der Waals surface area contributed by atoms with E-state index in [1.54, 1.807) is 0 Å². The Morgan fingerprint density at radius 3 is 2.56 bits per heavy atom. The van der Waals surface area contributed by atoms with Crippen LogP contribution < -0.4 is 5.32 Å². The molecule has 0 aromatic heterocycles. The highest BCUT2D eigenvalue weighted by Gasteiger charge is 2.31. The van der Waals surface area contributed by atoms with Gasteiger partial charge in [-0.05, 0) is 0 Å². The van der Waals surface area contributed by atoms with Gasteiger partial charge < -0.3 is 10.2 Å². The highest BCUT2D eigenvalue weighted by atomic mass is 32.2. The normalized spacial score (nSPS) is 36.1. The first-order valence-electron chi connectivity index (χ1n) is 5.92. The molecule has 92 valence electrons. The minimum Gasteiger partial charge on any atom is -0.339 e. The van der Waals surface area contributed by atoms with E-state index in [4.69, 9.17) is 0 Å². The zero-order valence-corrected chi connectivity index (χ0v) is 11.6. The summed E-state index contributed by atoms with van der Waals surface area (Å²) in [6, 6.07) is 0.0567. The molecule has 2 fully saturated rings. The molecule has 0 bridgehead atoms. The van der Waals surface area contributed by atoms with Crippen molar-refractivity contribution in [3.8, 4) is 0 Å². The summed E-state index contributed by atoms with van der Waals surface area (Å²) in [6.45, 7) is 7.22. The Balaban J connectivity index is 1.92. The monoisotopic (exact) mass is 260 g/mol. The van der Waals surface area contributed by atoms with E-state index in [2.05, 4.69) is 24.1 Å². The molecule has 0 aromatic rings. The largest absolute Gasteiger partial charge is 0.339 e. The fourth-order valence-electron chi connectivity index (χ4n) is 2.30. The lowest BCUT2D eigenvalue weighted by atomic mass is 10.2. The van der Waals surface area contributed by atoms with Gasteiger partial charge in [0.25, 0.3) is 0 Å². The van der Waals surface area contributed by atoms with Crippen LogP contribution in [0.4, 0.5) is 0 Å². The lowest BCUT2D eigenvalue weighted by Crippen LogP contribution is -2.54. The van der Waals surface area contributed by atoms with Gasteiger partial charge in [0, 0.05) is 41.6 Å². The van der Waals surface area contributed by atoms with Gasteiger partial charge in [0.1, 0.15) is 0 Å². The maximum absolute atomic E-state index is 12.3. The van der Waals surface area contributed by atoms with Crippen LogP contribution in [0.15, 0.2) is 0 Å². The predicted molar refractivity (Wildman–Crippen MR) is 72.2 cm³/mol. The number of rotatable bonds is 1. The Morgan fingerprint density at radius 1 is 1.31 bits per heavy atom. The van der Waals surface area contributed by atoms with Crippen LogP contribution in [0.1, 0.15) is 13.8 Å². The molecule has 2 saturated heterocycles. The van der Waals surface area contributed by atoms with Crippen molar-refractivity contribution < 1.29 is 4.79 Å². The van der Waals surface area contributed by atoms with Gasteiger partial charge in [-0.2, -0.15) is 23.5 Å². The van der Waals surface area contributed by atoms with Crippen LogP contribution in [0.25, 0.3) is 0 Å². The quantitative estimate of drug-likeness (QED) is 0.764. The van der Waals surface area contributed by atoms with Crippen molar-refractivity contribution in [2.75, 3.05) is 31.1 Å². The highest BCUT2D eigenvalue weighted by Crippen LogP contribution is 2.25. The van der Waals surface area contributed by atoms with E-state index in [-0.39, 0.29) is 6.04 Å². The van der Waals surface area contributed by atoms with E-state index in [9.17, 15) is 4.79 Å². The average Bonchev–Trinajstić information content (AvgIpc) is 2.28. The Hall–Kier alpha value is 0.130. The summed E-state index contributed by atoms with van der Waals surface area (Å²) in [5.41, 5.74) is 0. The predicted octanol–water partition coefficient (Wildman–Crippen LogP) is 1.04. The van der Waals surface area contributed by atoms with Gasteiger partial charge in [-0.25, -0.2) is 0 Å². The Kier molecular flexibility index (Phi) is 4.44. The van der Waals surface area contributed by atoms with Crippen molar-refractivity contribution in [1.29, 1.82) is 0 Å². The molecule has 0 radical (unpaired) electrons. The van der Waals surface area contributed by atoms with Crippen LogP contribution in [0.3, 0.4) is 0 Å². The van der Waals surface area contributed by atoms with Gasteiger partial charge in [-0.1, -0.05) is 13.8 Å². The van der Waals surface area contributed by atoms with Crippen molar-refractivity contribution >= 4 is 29.4 Å². The lowest BCUT2D eigenvalue weighted by molar-refractivity contribution is -0.133. The first-order chi connectivity index (χ1) is 7.66. The van der Waals surface area contributed by atoms with Crippen LogP contribution in [0.5, 0.6) is 0 Å². The van der Waals surface area contributed by atoms with E-state index >= 15 is 0 Å². The van der Waals surface area contributed by atoms with Crippen molar-refractivity contribution in [3.05, 3.63) is 0 Å². The number of nitrogens with zero attached hydrogens (tertiary/aromatic N) is 1. The zero-order valence-electron chi connectivity index (χ0n) is 9.94. The van der Waals surface area contributed by atoms with E-state index in [1.165, 1.54) is 0 Å². The fraction of sp³-hybridized carbons (Fsp3) is 0.909. The zero-order chi connectivity index (χ0) is 11.5. The van der Waals surface area contributed by atoms with Crippen LogP contribution in [0.2, 0.25) is 0 Å². The summed E-state index contributed by atoms with van der Waals surface area (Å²) in [4.78, 5) is 14.3. The lowest BCUT2D eigenvalue weighted by Gasteiger charge is -2.37. The fourth-order valence-corrected chi connectivity index (χ4v) is 4.55. The molecule has 5 heteroatoms. The summed E-state index contributed by atoms with van der Waals surface area (Å²) in [5.74, 6) is 2.38. The molecule has 0 aromatic carbocycles. The highest BCUT2D eigenvalue weighted by molar-refractivity contribution is 8.00. The molecule has 2 aliphatic heterocycles. The molecule has 0 saturated carbocycles. The standard InChI is InChI=1S/C11H20N2OS2/c1-8-5-13(6-9(2)16-8)11(14)10-7-15-4-3-12-10/h8-10,12H,3-7H2,1-2H3. The first kappa shape index (κ1) is 12.6. The topological polar surface area (TPSA) is 32.3 Å².